The van der Waals surface area contributed by atoms with Gasteiger partial charge in [-0.15, -0.1) is 0 Å². The lowest BCUT2D eigenvalue weighted by molar-refractivity contribution is 0.102. The van der Waals surface area contributed by atoms with Crippen LogP contribution in [0.5, 0.6) is 0 Å². The number of rotatable bonds is 6. The average Bonchev–Trinajstić information content (AvgIpc) is 2.70. The van der Waals surface area contributed by atoms with Crippen molar-refractivity contribution in [2.24, 2.45) is 0 Å². The van der Waals surface area contributed by atoms with Gasteiger partial charge in [0, 0.05) is 11.3 Å². The van der Waals surface area contributed by atoms with Gasteiger partial charge < -0.3 is 5.32 Å². The maximum Gasteiger partial charge on any atom is 0.262 e. The van der Waals surface area contributed by atoms with Crippen LogP contribution in [0.2, 0.25) is 5.02 Å². The van der Waals surface area contributed by atoms with E-state index in [2.05, 4.69) is 10.0 Å². The minimum Gasteiger partial charge on any atom is -0.322 e. The second-order valence-electron chi connectivity index (χ2n) is 6.12. The molecule has 0 aliphatic heterocycles. The highest BCUT2D eigenvalue weighted by Crippen LogP contribution is 2.25. The molecule has 3 rings (SSSR count). The van der Waals surface area contributed by atoms with Crippen LogP contribution in [0.3, 0.4) is 0 Å². The summed E-state index contributed by atoms with van der Waals surface area (Å²) < 4.78 is 27.8. The predicted molar refractivity (Wildman–Crippen MR) is 112 cm³/mol. The number of halogens is 1. The lowest BCUT2D eigenvalue weighted by Crippen LogP contribution is -2.15. The summed E-state index contributed by atoms with van der Waals surface area (Å²) in [7, 11) is -3.85. The van der Waals surface area contributed by atoms with E-state index in [9.17, 15) is 13.2 Å². The lowest BCUT2D eigenvalue weighted by atomic mass is 10.1. The fourth-order valence-corrected chi connectivity index (χ4v) is 3.95. The molecule has 1 amide bonds. The number of benzene rings is 3. The zero-order valence-corrected chi connectivity index (χ0v) is 16.7. The first-order valence-electron chi connectivity index (χ1n) is 8.67. The van der Waals surface area contributed by atoms with E-state index in [4.69, 9.17) is 11.6 Å². The molecule has 0 atom stereocenters. The van der Waals surface area contributed by atoms with Crippen molar-refractivity contribution in [2.45, 2.75) is 18.2 Å². The molecule has 144 valence electrons. The van der Waals surface area contributed by atoms with Crippen molar-refractivity contribution in [2.75, 3.05) is 10.0 Å². The molecule has 0 fully saturated rings. The Kier molecular flexibility index (Phi) is 6.02. The largest absolute Gasteiger partial charge is 0.322 e. The number of para-hydroxylation sites is 1. The van der Waals surface area contributed by atoms with Crippen LogP contribution in [0.1, 0.15) is 22.8 Å². The van der Waals surface area contributed by atoms with Crippen molar-refractivity contribution in [3.63, 3.8) is 0 Å². The SMILES string of the molecule is CCc1ccc(C(=O)Nc2cccc(S(=O)(=O)Nc3ccccc3Cl)c2)cc1. The molecule has 7 heteroatoms. The van der Waals surface area contributed by atoms with Gasteiger partial charge in [0.05, 0.1) is 15.6 Å². The molecule has 0 unspecified atom stereocenters. The summed E-state index contributed by atoms with van der Waals surface area (Å²) in [6.45, 7) is 2.04. The van der Waals surface area contributed by atoms with E-state index in [0.29, 0.717) is 16.3 Å². The summed E-state index contributed by atoms with van der Waals surface area (Å²) in [4.78, 5) is 12.4. The van der Waals surface area contributed by atoms with Crippen LogP contribution in [-0.4, -0.2) is 14.3 Å². The first-order chi connectivity index (χ1) is 13.4. The Bertz CT molecular complexity index is 1100. The number of sulfonamides is 1. The number of carbonyl (C=O) groups excluding carboxylic acids is 1. The summed E-state index contributed by atoms with van der Waals surface area (Å²) >= 11 is 6.02. The third-order valence-corrected chi connectivity index (χ3v) is 5.84. The summed E-state index contributed by atoms with van der Waals surface area (Å²) in [5.41, 5.74) is 2.30. The number of hydrogen-bond acceptors (Lipinski definition) is 3. The third kappa shape index (κ3) is 4.71. The van der Waals surface area contributed by atoms with Crippen molar-refractivity contribution in [1.29, 1.82) is 0 Å². The van der Waals surface area contributed by atoms with Gasteiger partial charge in [0.15, 0.2) is 0 Å². The summed E-state index contributed by atoms with van der Waals surface area (Å²) in [5.74, 6) is -0.309. The number of amides is 1. The minimum atomic E-state index is -3.85. The molecule has 5 nitrogen and oxygen atoms in total. The molecule has 0 spiro atoms. The fourth-order valence-electron chi connectivity index (χ4n) is 2.58. The summed E-state index contributed by atoms with van der Waals surface area (Å²) in [6, 6.07) is 19.9. The van der Waals surface area contributed by atoms with Gasteiger partial charge in [-0.25, -0.2) is 8.42 Å². The van der Waals surface area contributed by atoms with Crippen LogP contribution in [0.15, 0.2) is 77.7 Å². The monoisotopic (exact) mass is 414 g/mol. The standard InChI is InChI=1S/C21H19ClN2O3S/c1-2-15-10-12-16(13-11-15)21(25)23-17-6-5-7-18(14-17)28(26,27)24-20-9-4-3-8-19(20)22/h3-14,24H,2H2,1H3,(H,23,25). The van der Waals surface area contributed by atoms with E-state index in [1.807, 2.05) is 19.1 Å². The van der Waals surface area contributed by atoms with Gasteiger partial charge in [-0.05, 0) is 54.4 Å². The molecule has 3 aromatic carbocycles. The molecule has 0 aliphatic rings. The maximum atomic E-state index is 12.6. The van der Waals surface area contributed by atoms with Gasteiger partial charge in [-0.2, -0.15) is 0 Å². The Morgan fingerprint density at radius 1 is 0.964 bits per heavy atom. The van der Waals surface area contributed by atoms with Crippen molar-refractivity contribution < 1.29 is 13.2 Å². The molecule has 0 bridgehead atoms. The second kappa shape index (κ2) is 8.46. The quantitative estimate of drug-likeness (QED) is 0.598. The van der Waals surface area contributed by atoms with E-state index in [1.54, 1.807) is 48.5 Å². The Balaban J connectivity index is 1.79. The van der Waals surface area contributed by atoms with E-state index in [1.165, 1.54) is 12.1 Å². The lowest BCUT2D eigenvalue weighted by Gasteiger charge is -2.11. The minimum absolute atomic E-state index is 0.0200. The van der Waals surface area contributed by atoms with E-state index in [0.717, 1.165) is 12.0 Å². The first-order valence-corrected chi connectivity index (χ1v) is 10.5. The van der Waals surface area contributed by atoms with Crippen LogP contribution in [0, 0.1) is 0 Å². The van der Waals surface area contributed by atoms with Crippen LogP contribution in [0.4, 0.5) is 11.4 Å². The summed E-state index contributed by atoms with van der Waals surface area (Å²) in [5, 5.41) is 3.02. The Hall–Kier alpha value is -2.83. The number of nitrogens with one attached hydrogen (secondary N) is 2. The van der Waals surface area contributed by atoms with Gasteiger partial charge in [0.2, 0.25) is 0 Å². The topological polar surface area (TPSA) is 75.3 Å². The molecule has 2 N–H and O–H groups in total. The van der Waals surface area contributed by atoms with Crippen molar-refractivity contribution >= 4 is 38.9 Å². The Labute approximate surface area is 169 Å². The zero-order valence-electron chi connectivity index (χ0n) is 15.1. The molecule has 0 saturated carbocycles. The van der Waals surface area contributed by atoms with Crippen molar-refractivity contribution in [3.8, 4) is 0 Å². The Morgan fingerprint density at radius 3 is 2.36 bits per heavy atom. The summed E-state index contributed by atoms with van der Waals surface area (Å²) in [6.07, 6.45) is 0.889. The number of hydrogen-bond donors (Lipinski definition) is 2. The highest BCUT2D eigenvalue weighted by Gasteiger charge is 2.16. The molecule has 3 aromatic rings. The zero-order chi connectivity index (χ0) is 20.1. The van der Waals surface area contributed by atoms with E-state index in [-0.39, 0.29) is 16.5 Å². The van der Waals surface area contributed by atoms with Crippen molar-refractivity contribution in [3.05, 3.63) is 88.9 Å². The normalized spacial score (nSPS) is 11.1. The average molecular weight is 415 g/mol. The highest BCUT2D eigenvalue weighted by atomic mass is 35.5. The second-order valence-corrected chi connectivity index (χ2v) is 8.21. The van der Waals surface area contributed by atoms with Crippen LogP contribution in [0.25, 0.3) is 0 Å². The molecule has 0 aromatic heterocycles. The van der Waals surface area contributed by atoms with Crippen LogP contribution >= 0.6 is 11.6 Å². The van der Waals surface area contributed by atoms with Gasteiger partial charge >= 0.3 is 0 Å². The van der Waals surface area contributed by atoms with E-state index < -0.39 is 10.0 Å². The van der Waals surface area contributed by atoms with Crippen LogP contribution in [-0.2, 0) is 16.4 Å². The fraction of sp³-hybridized carbons (Fsp3) is 0.0952. The molecule has 0 radical (unpaired) electrons. The predicted octanol–water partition coefficient (Wildman–Crippen LogP) is 4.96. The van der Waals surface area contributed by atoms with Gasteiger partial charge in [-0.1, -0.05) is 48.9 Å². The molecular weight excluding hydrogens is 396 g/mol. The van der Waals surface area contributed by atoms with E-state index >= 15 is 0 Å². The molecule has 0 saturated heterocycles. The number of aryl methyl sites for hydroxylation is 1. The molecule has 0 heterocycles. The molecule has 28 heavy (non-hydrogen) atoms. The maximum absolute atomic E-state index is 12.6. The van der Waals surface area contributed by atoms with Crippen molar-refractivity contribution in [1.82, 2.24) is 0 Å². The Morgan fingerprint density at radius 2 is 1.68 bits per heavy atom. The van der Waals surface area contributed by atoms with Gasteiger partial charge in [-0.3, -0.25) is 9.52 Å². The number of carbonyl (C=O) groups is 1. The van der Waals surface area contributed by atoms with Gasteiger partial charge in [0.25, 0.3) is 15.9 Å². The smallest absolute Gasteiger partial charge is 0.262 e. The third-order valence-electron chi connectivity index (χ3n) is 4.14. The van der Waals surface area contributed by atoms with Crippen LogP contribution < -0.4 is 10.0 Å². The van der Waals surface area contributed by atoms with Gasteiger partial charge in [0.1, 0.15) is 0 Å². The highest BCUT2D eigenvalue weighted by molar-refractivity contribution is 7.92. The first kappa shape index (κ1) is 19.9. The molecule has 0 aliphatic carbocycles. The molecular formula is C21H19ClN2O3S. The number of anilines is 2.